The Morgan fingerprint density at radius 1 is 1.10 bits per heavy atom. The van der Waals surface area contributed by atoms with Crippen molar-refractivity contribution in [3.05, 3.63) is 35.4 Å². The number of halogens is 3. The molecule has 0 radical (unpaired) electrons. The summed E-state index contributed by atoms with van der Waals surface area (Å²) in [7, 11) is 3.78. The number of methoxy groups -OCH3 is 1. The molecule has 0 saturated heterocycles. The first-order valence-corrected chi connectivity index (χ1v) is 9.76. The van der Waals surface area contributed by atoms with Crippen molar-refractivity contribution in [2.24, 2.45) is 4.99 Å². The lowest BCUT2D eigenvalue weighted by molar-refractivity contribution is -0.176. The first-order chi connectivity index (χ1) is 13.8. The number of guanidine groups is 1. The Balaban J connectivity index is 2.41. The first-order valence-electron chi connectivity index (χ1n) is 9.76. The molecule has 0 aliphatic heterocycles. The minimum Gasteiger partial charge on any atom is -0.385 e. The largest absolute Gasteiger partial charge is 0.411 e. The Kier molecular flexibility index (Phi) is 12.3. The molecule has 6 nitrogen and oxygen atoms in total. The fourth-order valence-corrected chi connectivity index (χ4v) is 2.49. The minimum absolute atomic E-state index is 0.0643. The lowest BCUT2D eigenvalue weighted by Crippen LogP contribution is -2.41. The van der Waals surface area contributed by atoms with Gasteiger partial charge >= 0.3 is 6.18 Å². The fraction of sp³-hybridized carbons (Fsp3) is 0.650. The number of nitrogens with zero attached hydrogens (tertiary/aromatic N) is 2. The molecule has 0 aromatic heterocycles. The van der Waals surface area contributed by atoms with E-state index in [0.29, 0.717) is 12.1 Å². The van der Waals surface area contributed by atoms with Crippen LogP contribution in [0.3, 0.4) is 0 Å². The molecule has 1 aromatic carbocycles. The Morgan fingerprint density at radius 2 is 1.79 bits per heavy atom. The van der Waals surface area contributed by atoms with Gasteiger partial charge in [-0.15, -0.1) is 0 Å². The van der Waals surface area contributed by atoms with E-state index in [1.54, 1.807) is 19.2 Å². The number of hydrogen-bond acceptors (Lipinski definition) is 4. The van der Waals surface area contributed by atoms with Gasteiger partial charge in [-0.1, -0.05) is 24.3 Å². The molecule has 0 amide bonds. The summed E-state index contributed by atoms with van der Waals surface area (Å²) in [4.78, 5) is 6.79. The van der Waals surface area contributed by atoms with Crippen LogP contribution in [0.4, 0.5) is 13.2 Å². The Hall–Kier alpha value is -1.84. The van der Waals surface area contributed by atoms with Crippen LogP contribution in [0.15, 0.2) is 29.3 Å². The molecule has 9 heteroatoms. The monoisotopic (exact) mass is 418 g/mol. The number of alkyl halides is 3. The van der Waals surface area contributed by atoms with Crippen LogP contribution < -0.4 is 10.6 Å². The van der Waals surface area contributed by atoms with Gasteiger partial charge in [0.2, 0.25) is 0 Å². The van der Waals surface area contributed by atoms with Crippen molar-refractivity contribution in [2.75, 3.05) is 53.6 Å². The molecule has 0 unspecified atom stereocenters. The molecular formula is C20H33F3N4O2. The molecule has 2 N–H and O–H groups in total. The van der Waals surface area contributed by atoms with Gasteiger partial charge in [-0.3, -0.25) is 0 Å². The third-order valence-electron chi connectivity index (χ3n) is 4.00. The quantitative estimate of drug-likeness (QED) is 0.293. The van der Waals surface area contributed by atoms with E-state index in [1.807, 2.05) is 19.1 Å². The maximum Gasteiger partial charge on any atom is 0.411 e. The van der Waals surface area contributed by atoms with Crippen molar-refractivity contribution < 1.29 is 22.6 Å². The minimum atomic E-state index is -4.30. The highest BCUT2D eigenvalue weighted by Crippen LogP contribution is 2.16. The van der Waals surface area contributed by atoms with Crippen LogP contribution in [0.5, 0.6) is 0 Å². The molecule has 0 heterocycles. The molecule has 0 fully saturated rings. The second kappa shape index (κ2) is 14.2. The Labute approximate surface area is 171 Å². The van der Waals surface area contributed by atoms with E-state index >= 15 is 0 Å². The topological polar surface area (TPSA) is 58.1 Å². The van der Waals surface area contributed by atoms with E-state index in [0.717, 1.165) is 50.7 Å². The average molecular weight is 419 g/mol. The number of hydrogen-bond donors (Lipinski definition) is 2. The van der Waals surface area contributed by atoms with Gasteiger partial charge in [-0.05, 0) is 31.5 Å². The third kappa shape index (κ3) is 13.1. The van der Waals surface area contributed by atoms with Crippen molar-refractivity contribution in [1.82, 2.24) is 15.5 Å². The van der Waals surface area contributed by atoms with E-state index in [9.17, 15) is 13.2 Å². The van der Waals surface area contributed by atoms with Gasteiger partial charge in [-0.2, -0.15) is 13.2 Å². The molecule has 29 heavy (non-hydrogen) atoms. The van der Waals surface area contributed by atoms with Crippen molar-refractivity contribution in [2.45, 2.75) is 32.7 Å². The van der Waals surface area contributed by atoms with E-state index in [4.69, 9.17) is 4.74 Å². The predicted molar refractivity (Wildman–Crippen MR) is 109 cm³/mol. The number of rotatable bonds is 13. The van der Waals surface area contributed by atoms with Crippen molar-refractivity contribution >= 4 is 5.96 Å². The fourth-order valence-electron chi connectivity index (χ4n) is 2.49. The highest BCUT2D eigenvalue weighted by molar-refractivity contribution is 5.79. The van der Waals surface area contributed by atoms with Crippen LogP contribution >= 0.6 is 0 Å². The van der Waals surface area contributed by atoms with Crippen LogP contribution in [-0.4, -0.2) is 70.6 Å². The molecule has 0 spiro atoms. The van der Waals surface area contributed by atoms with E-state index in [-0.39, 0.29) is 6.61 Å². The van der Waals surface area contributed by atoms with E-state index in [2.05, 4.69) is 32.3 Å². The van der Waals surface area contributed by atoms with E-state index < -0.39 is 12.8 Å². The SMILES string of the molecule is CCNC(=NCc1ccc(COCC(F)(F)F)cc1)NCCN(C)CCCOC. The first kappa shape index (κ1) is 25.2. The van der Waals surface area contributed by atoms with Crippen molar-refractivity contribution in [3.8, 4) is 0 Å². The lowest BCUT2D eigenvalue weighted by atomic mass is 10.1. The number of nitrogens with one attached hydrogen (secondary N) is 2. The van der Waals surface area contributed by atoms with Gasteiger partial charge < -0.3 is 25.0 Å². The summed E-state index contributed by atoms with van der Waals surface area (Å²) < 4.78 is 46.0. The van der Waals surface area contributed by atoms with Crippen LogP contribution in [0.1, 0.15) is 24.5 Å². The zero-order chi connectivity index (χ0) is 21.5. The zero-order valence-corrected chi connectivity index (χ0v) is 17.5. The second-order valence-corrected chi connectivity index (χ2v) is 6.70. The summed E-state index contributed by atoms with van der Waals surface area (Å²) in [5.74, 6) is 0.732. The predicted octanol–water partition coefficient (Wildman–Crippen LogP) is 2.79. The number of aliphatic imine (C=N–C) groups is 1. The number of ether oxygens (including phenoxy) is 2. The van der Waals surface area contributed by atoms with Crippen LogP contribution in [-0.2, 0) is 22.6 Å². The summed E-state index contributed by atoms with van der Waals surface area (Å²) >= 11 is 0. The molecular weight excluding hydrogens is 385 g/mol. The van der Waals surface area contributed by atoms with Gasteiger partial charge in [0.25, 0.3) is 0 Å². The van der Waals surface area contributed by atoms with Crippen LogP contribution in [0.25, 0.3) is 0 Å². The summed E-state index contributed by atoms with van der Waals surface area (Å²) in [5, 5.41) is 6.51. The highest BCUT2D eigenvalue weighted by Gasteiger charge is 2.27. The smallest absolute Gasteiger partial charge is 0.385 e. The summed E-state index contributed by atoms with van der Waals surface area (Å²) in [5.41, 5.74) is 1.67. The number of benzene rings is 1. The van der Waals surface area contributed by atoms with Crippen LogP contribution in [0.2, 0.25) is 0 Å². The number of likely N-dealkylation sites (N-methyl/N-ethyl adjacent to an activating group) is 1. The van der Waals surface area contributed by atoms with Gasteiger partial charge in [0, 0.05) is 39.9 Å². The molecule has 0 saturated carbocycles. The molecule has 1 aromatic rings. The highest BCUT2D eigenvalue weighted by atomic mass is 19.4. The molecule has 1 rings (SSSR count). The molecule has 166 valence electrons. The van der Waals surface area contributed by atoms with Crippen molar-refractivity contribution in [3.63, 3.8) is 0 Å². The normalized spacial score (nSPS) is 12.4. The second-order valence-electron chi connectivity index (χ2n) is 6.70. The molecule has 0 aliphatic rings. The van der Waals surface area contributed by atoms with Crippen molar-refractivity contribution in [1.29, 1.82) is 0 Å². The molecule has 0 bridgehead atoms. The standard InChI is InChI=1S/C20H33F3N4O2/c1-4-24-19(25-10-12-27(2)11-5-13-28-3)26-14-17-6-8-18(9-7-17)15-29-16-20(21,22)23/h6-9H,4-5,10-16H2,1-3H3,(H2,24,25,26). The van der Waals surface area contributed by atoms with E-state index in [1.165, 1.54) is 0 Å². The maximum absolute atomic E-state index is 12.1. The van der Waals surface area contributed by atoms with Gasteiger partial charge in [0.1, 0.15) is 6.61 Å². The Morgan fingerprint density at radius 3 is 2.41 bits per heavy atom. The third-order valence-corrected chi connectivity index (χ3v) is 4.00. The Bertz CT molecular complexity index is 580. The zero-order valence-electron chi connectivity index (χ0n) is 17.5. The summed E-state index contributed by atoms with van der Waals surface area (Å²) in [6.07, 6.45) is -3.30. The summed E-state index contributed by atoms with van der Waals surface area (Å²) in [6.45, 7) is 5.32. The summed E-state index contributed by atoms with van der Waals surface area (Å²) in [6, 6.07) is 7.22. The van der Waals surface area contributed by atoms with Gasteiger partial charge in [-0.25, -0.2) is 4.99 Å². The van der Waals surface area contributed by atoms with Crippen LogP contribution in [0, 0.1) is 0 Å². The molecule has 0 atom stereocenters. The average Bonchev–Trinajstić information content (AvgIpc) is 2.66. The van der Waals surface area contributed by atoms with Gasteiger partial charge in [0.15, 0.2) is 5.96 Å². The maximum atomic E-state index is 12.1. The molecule has 0 aliphatic carbocycles. The van der Waals surface area contributed by atoms with Gasteiger partial charge in [0.05, 0.1) is 13.2 Å². The lowest BCUT2D eigenvalue weighted by Gasteiger charge is -2.18.